The Balaban J connectivity index is 2.83. The van der Waals surface area contributed by atoms with Crippen LogP contribution in [0.1, 0.15) is 33.6 Å². The molecule has 1 atom stereocenters. The molecule has 0 saturated carbocycles. The Labute approximate surface area is 68.4 Å². The minimum absolute atomic E-state index is 0.0498. The van der Waals surface area contributed by atoms with Crippen molar-refractivity contribution in [2.45, 2.75) is 39.2 Å². The smallest absolute Gasteiger partial charge is 0.102 e. The summed E-state index contributed by atoms with van der Waals surface area (Å²) in [5.74, 6) is 0. The number of allylic oxidation sites excluding steroid dienone is 1. The molecule has 1 radical (unpaired) electrons. The molecular weight excluding hydrogens is 136 g/mol. The summed E-state index contributed by atoms with van der Waals surface area (Å²) in [4.78, 5) is 0. The molecule has 2 nitrogen and oxygen atoms in total. The molecule has 0 aromatic carbocycles. The van der Waals surface area contributed by atoms with Crippen molar-refractivity contribution in [3.8, 4) is 0 Å². The van der Waals surface area contributed by atoms with E-state index in [0.717, 1.165) is 18.5 Å². The van der Waals surface area contributed by atoms with Gasteiger partial charge in [-0.05, 0) is 32.8 Å². The van der Waals surface area contributed by atoms with Gasteiger partial charge in [0.15, 0.2) is 0 Å². The predicted octanol–water partition coefficient (Wildman–Crippen LogP) is 3.12. The Hall–Kier alpha value is -0.660. The van der Waals surface area contributed by atoms with Gasteiger partial charge in [0, 0.05) is 0 Å². The molecule has 0 aliphatic carbocycles. The van der Waals surface area contributed by atoms with Gasteiger partial charge < -0.3 is 0 Å². The first-order chi connectivity index (χ1) is 5.10. The van der Waals surface area contributed by atoms with E-state index < -0.39 is 0 Å². The maximum atomic E-state index is 4.23. The van der Waals surface area contributed by atoms with Gasteiger partial charge in [-0.3, -0.25) is 0 Å². The quantitative estimate of drug-likeness (QED) is 0.579. The number of azo groups is 1. The van der Waals surface area contributed by atoms with Gasteiger partial charge in [-0.25, -0.2) is 0 Å². The van der Waals surface area contributed by atoms with Crippen LogP contribution in [0.4, 0.5) is 0 Å². The van der Waals surface area contributed by atoms with Gasteiger partial charge in [0.2, 0.25) is 0 Å². The predicted molar refractivity (Wildman–Crippen MR) is 46.2 cm³/mol. The van der Waals surface area contributed by atoms with E-state index in [0.29, 0.717) is 0 Å². The molecule has 0 amide bonds. The third-order valence-corrected chi connectivity index (χ3v) is 2.43. The fourth-order valence-corrected chi connectivity index (χ4v) is 1.31. The lowest BCUT2D eigenvalue weighted by atomic mass is 9.89. The highest BCUT2D eigenvalue weighted by molar-refractivity contribution is 5.25. The van der Waals surface area contributed by atoms with Crippen molar-refractivity contribution in [2.24, 2.45) is 10.2 Å². The third kappa shape index (κ3) is 1.35. The Morgan fingerprint density at radius 1 is 1.45 bits per heavy atom. The number of hydrogen-bond donors (Lipinski definition) is 0. The van der Waals surface area contributed by atoms with Crippen LogP contribution in [0.5, 0.6) is 0 Å². The van der Waals surface area contributed by atoms with E-state index >= 15 is 0 Å². The molecule has 0 N–H and O–H groups in total. The summed E-state index contributed by atoms with van der Waals surface area (Å²) in [6.45, 7) is 10.1. The fourth-order valence-electron chi connectivity index (χ4n) is 1.31. The largest absolute Gasteiger partial charge is 0.178 e. The molecule has 1 aliphatic heterocycles. The van der Waals surface area contributed by atoms with Crippen LogP contribution in [0.25, 0.3) is 0 Å². The standard InChI is InChI=1S/C9H15N2/c1-5-6-9(4)7(2)8(3)10-11-9/h1,5-6H2,2-4H3. The SMILES string of the molecule is [CH2]CCC1(C)N=NC(C)=C1C. The van der Waals surface area contributed by atoms with Gasteiger partial charge >= 0.3 is 0 Å². The Morgan fingerprint density at radius 3 is 2.45 bits per heavy atom. The van der Waals surface area contributed by atoms with Gasteiger partial charge in [0.25, 0.3) is 0 Å². The second-order valence-corrected chi connectivity index (χ2v) is 3.29. The lowest BCUT2D eigenvalue weighted by molar-refractivity contribution is 0.507. The van der Waals surface area contributed by atoms with Crippen molar-refractivity contribution in [2.75, 3.05) is 0 Å². The summed E-state index contributed by atoms with van der Waals surface area (Å²) in [5, 5.41) is 8.30. The number of rotatable bonds is 2. The highest BCUT2D eigenvalue weighted by Crippen LogP contribution is 2.34. The van der Waals surface area contributed by atoms with Crippen LogP contribution in [-0.2, 0) is 0 Å². The fraction of sp³-hybridized carbons (Fsp3) is 0.667. The molecule has 0 saturated heterocycles. The summed E-state index contributed by atoms with van der Waals surface area (Å²) < 4.78 is 0. The Morgan fingerprint density at radius 2 is 2.09 bits per heavy atom. The maximum Gasteiger partial charge on any atom is 0.102 e. The monoisotopic (exact) mass is 151 g/mol. The first kappa shape index (κ1) is 8.44. The molecule has 61 valence electrons. The molecule has 0 aromatic rings. The van der Waals surface area contributed by atoms with Crippen LogP contribution in [-0.4, -0.2) is 5.54 Å². The van der Waals surface area contributed by atoms with Crippen LogP contribution in [0.15, 0.2) is 21.5 Å². The Bertz CT molecular complexity index is 216. The molecule has 11 heavy (non-hydrogen) atoms. The summed E-state index contributed by atoms with van der Waals surface area (Å²) in [7, 11) is 0. The van der Waals surface area contributed by atoms with Crippen molar-refractivity contribution < 1.29 is 0 Å². The average molecular weight is 151 g/mol. The first-order valence-corrected chi connectivity index (χ1v) is 4.00. The maximum absolute atomic E-state index is 4.23. The lowest BCUT2D eigenvalue weighted by Gasteiger charge is -2.19. The van der Waals surface area contributed by atoms with E-state index in [9.17, 15) is 0 Å². The molecule has 0 bridgehead atoms. The van der Waals surface area contributed by atoms with Crippen molar-refractivity contribution in [3.63, 3.8) is 0 Å². The summed E-state index contributed by atoms with van der Waals surface area (Å²) >= 11 is 0. The molecule has 0 fully saturated rings. The van der Waals surface area contributed by atoms with E-state index in [1.54, 1.807) is 0 Å². The van der Waals surface area contributed by atoms with Gasteiger partial charge in [0.1, 0.15) is 5.54 Å². The van der Waals surface area contributed by atoms with Gasteiger partial charge in [-0.15, -0.1) is 0 Å². The topological polar surface area (TPSA) is 24.7 Å². The summed E-state index contributed by atoms with van der Waals surface area (Å²) in [6, 6.07) is 0. The lowest BCUT2D eigenvalue weighted by Crippen LogP contribution is -2.20. The molecule has 1 aliphatic rings. The number of hydrogen-bond acceptors (Lipinski definition) is 2. The highest BCUT2D eigenvalue weighted by atomic mass is 15.2. The van der Waals surface area contributed by atoms with Gasteiger partial charge in [-0.1, -0.05) is 13.3 Å². The van der Waals surface area contributed by atoms with Crippen molar-refractivity contribution >= 4 is 0 Å². The van der Waals surface area contributed by atoms with Crippen molar-refractivity contribution in [1.82, 2.24) is 0 Å². The van der Waals surface area contributed by atoms with Crippen LogP contribution >= 0.6 is 0 Å². The zero-order valence-electron chi connectivity index (χ0n) is 7.52. The van der Waals surface area contributed by atoms with E-state index in [1.165, 1.54) is 5.57 Å². The molecule has 1 rings (SSSR count). The van der Waals surface area contributed by atoms with E-state index in [1.807, 2.05) is 6.92 Å². The summed E-state index contributed by atoms with van der Waals surface area (Å²) in [5.41, 5.74) is 2.31. The van der Waals surface area contributed by atoms with Crippen LogP contribution < -0.4 is 0 Å². The minimum Gasteiger partial charge on any atom is -0.178 e. The van der Waals surface area contributed by atoms with Crippen LogP contribution in [0, 0.1) is 6.92 Å². The minimum atomic E-state index is -0.0498. The second-order valence-electron chi connectivity index (χ2n) is 3.29. The van der Waals surface area contributed by atoms with Gasteiger partial charge in [0.05, 0.1) is 5.70 Å². The van der Waals surface area contributed by atoms with Crippen LogP contribution in [0.3, 0.4) is 0 Å². The molecular formula is C9H15N2. The first-order valence-electron chi connectivity index (χ1n) is 4.00. The average Bonchev–Trinajstić information content (AvgIpc) is 2.19. The van der Waals surface area contributed by atoms with Crippen LogP contribution in [0.2, 0.25) is 0 Å². The molecule has 1 heterocycles. The van der Waals surface area contributed by atoms with E-state index in [2.05, 4.69) is 31.0 Å². The molecule has 2 heteroatoms. The zero-order valence-corrected chi connectivity index (χ0v) is 7.52. The highest BCUT2D eigenvalue weighted by Gasteiger charge is 2.30. The molecule has 0 spiro atoms. The molecule has 1 unspecified atom stereocenters. The molecule has 0 aromatic heterocycles. The summed E-state index contributed by atoms with van der Waals surface area (Å²) in [6.07, 6.45) is 1.92. The van der Waals surface area contributed by atoms with E-state index in [4.69, 9.17) is 0 Å². The zero-order chi connectivity index (χ0) is 8.48. The van der Waals surface area contributed by atoms with Gasteiger partial charge in [-0.2, -0.15) is 10.2 Å². The van der Waals surface area contributed by atoms with E-state index in [-0.39, 0.29) is 5.54 Å². The van der Waals surface area contributed by atoms with Crippen molar-refractivity contribution in [3.05, 3.63) is 18.2 Å². The Kier molecular flexibility index (Phi) is 2.12. The number of nitrogens with zero attached hydrogens (tertiary/aromatic N) is 2. The third-order valence-electron chi connectivity index (χ3n) is 2.43. The normalized spacial score (nSPS) is 30.2. The second kappa shape index (κ2) is 2.76. The van der Waals surface area contributed by atoms with Crippen molar-refractivity contribution in [1.29, 1.82) is 0 Å².